The van der Waals surface area contributed by atoms with Crippen molar-refractivity contribution in [3.8, 4) is 5.75 Å². The molecule has 0 atom stereocenters. The monoisotopic (exact) mass is 446 g/mol. The number of rotatable bonds is 7. The minimum Gasteiger partial charge on any atom is -0.488 e. The molecular formula is C22H27BrN2O3. The van der Waals surface area contributed by atoms with Gasteiger partial charge in [-0.25, -0.2) is 0 Å². The van der Waals surface area contributed by atoms with E-state index in [0.29, 0.717) is 24.5 Å². The molecule has 0 saturated heterocycles. The Labute approximate surface area is 175 Å². The highest BCUT2D eigenvalue weighted by Gasteiger charge is 2.22. The molecule has 2 aromatic carbocycles. The summed E-state index contributed by atoms with van der Waals surface area (Å²) in [4.78, 5) is 26.8. The predicted molar refractivity (Wildman–Crippen MR) is 114 cm³/mol. The molecule has 28 heavy (non-hydrogen) atoms. The molecule has 6 heteroatoms. The Balaban J connectivity index is 2.12. The van der Waals surface area contributed by atoms with Gasteiger partial charge >= 0.3 is 0 Å². The molecule has 5 nitrogen and oxygen atoms in total. The average Bonchev–Trinajstić information content (AvgIpc) is 2.63. The van der Waals surface area contributed by atoms with E-state index in [1.807, 2.05) is 58.0 Å². The molecule has 0 aliphatic heterocycles. The van der Waals surface area contributed by atoms with E-state index in [9.17, 15) is 9.59 Å². The molecule has 0 heterocycles. The van der Waals surface area contributed by atoms with Crippen LogP contribution in [0, 0.1) is 0 Å². The van der Waals surface area contributed by atoms with Gasteiger partial charge in [0.05, 0.1) is 12.1 Å². The van der Waals surface area contributed by atoms with Crippen molar-refractivity contribution < 1.29 is 14.3 Å². The van der Waals surface area contributed by atoms with Crippen LogP contribution in [-0.2, 0) is 11.4 Å². The Kier molecular flexibility index (Phi) is 7.63. The van der Waals surface area contributed by atoms with Crippen molar-refractivity contribution in [3.05, 3.63) is 64.1 Å². The van der Waals surface area contributed by atoms with Gasteiger partial charge in [-0.1, -0.05) is 40.2 Å². The molecule has 0 unspecified atom stereocenters. The van der Waals surface area contributed by atoms with Gasteiger partial charge in [0.25, 0.3) is 5.91 Å². The number of hydrogen-bond acceptors (Lipinski definition) is 3. The SMILES string of the molecule is CCN(CC(=O)NC(C)(C)C)C(=O)c1ccccc1OCc1cccc(Br)c1. The summed E-state index contributed by atoms with van der Waals surface area (Å²) in [5.74, 6) is 0.0915. The van der Waals surface area contributed by atoms with Crippen LogP contribution >= 0.6 is 15.9 Å². The van der Waals surface area contributed by atoms with Gasteiger partial charge in [0.1, 0.15) is 12.4 Å². The Hall–Kier alpha value is -2.34. The highest BCUT2D eigenvalue weighted by Crippen LogP contribution is 2.22. The van der Waals surface area contributed by atoms with Crippen molar-refractivity contribution in [1.29, 1.82) is 0 Å². The van der Waals surface area contributed by atoms with Crippen LogP contribution in [0.25, 0.3) is 0 Å². The Morgan fingerprint density at radius 1 is 1.11 bits per heavy atom. The van der Waals surface area contributed by atoms with Gasteiger partial charge in [-0.15, -0.1) is 0 Å². The van der Waals surface area contributed by atoms with Crippen LogP contribution < -0.4 is 10.1 Å². The molecule has 0 spiro atoms. The number of likely N-dealkylation sites (N-methyl/N-ethyl adjacent to an activating group) is 1. The summed E-state index contributed by atoms with van der Waals surface area (Å²) in [6.45, 7) is 8.37. The number of ether oxygens (including phenoxy) is 1. The fourth-order valence-electron chi connectivity index (χ4n) is 2.69. The zero-order valence-electron chi connectivity index (χ0n) is 16.8. The fourth-order valence-corrected chi connectivity index (χ4v) is 3.13. The number of carbonyl (C=O) groups excluding carboxylic acids is 2. The van der Waals surface area contributed by atoms with Crippen LogP contribution in [0.1, 0.15) is 43.6 Å². The second-order valence-corrected chi connectivity index (χ2v) is 8.45. The second kappa shape index (κ2) is 9.73. The molecule has 0 radical (unpaired) electrons. The van der Waals surface area contributed by atoms with Crippen molar-refractivity contribution in [1.82, 2.24) is 10.2 Å². The lowest BCUT2D eigenvalue weighted by Crippen LogP contribution is -2.47. The van der Waals surface area contributed by atoms with Crippen molar-refractivity contribution in [2.24, 2.45) is 0 Å². The topological polar surface area (TPSA) is 58.6 Å². The average molecular weight is 447 g/mol. The number of halogens is 1. The molecule has 2 aromatic rings. The molecule has 150 valence electrons. The summed E-state index contributed by atoms with van der Waals surface area (Å²) in [5, 5.41) is 2.89. The van der Waals surface area contributed by atoms with E-state index in [1.54, 1.807) is 18.2 Å². The number of nitrogens with zero attached hydrogens (tertiary/aromatic N) is 1. The Morgan fingerprint density at radius 2 is 1.82 bits per heavy atom. The van der Waals surface area contributed by atoms with Gasteiger partial charge in [0.15, 0.2) is 0 Å². The number of carbonyl (C=O) groups is 2. The van der Waals surface area contributed by atoms with Crippen LogP contribution in [-0.4, -0.2) is 35.3 Å². The fraction of sp³-hybridized carbons (Fsp3) is 0.364. The van der Waals surface area contributed by atoms with Gasteiger partial charge in [0, 0.05) is 16.6 Å². The van der Waals surface area contributed by atoms with Crippen molar-refractivity contribution in [2.75, 3.05) is 13.1 Å². The van der Waals surface area contributed by atoms with Crippen LogP contribution in [0.3, 0.4) is 0 Å². The third-order valence-electron chi connectivity index (χ3n) is 3.92. The maximum atomic E-state index is 13.0. The van der Waals surface area contributed by atoms with Gasteiger partial charge in [0.2, 0.25) is 5.91 Å². The third-order valence-corrected chi connectivity index (χ3v) is 4.41. The van der Waals surface area contributed by atoms with Crippen molar-refractivity contribution in [3.63, 3.8) is 0 Å². The molecule has 1 N–H and O–H groups in total. The molecular weight excluding hydrogens is 420 g/mol. The van der Waals surface area contributed by atoms with Gasteiger partial charge in [-0.3, -0.25) is 9.59 Å². The Bertz CT molecular complexity index is 831. The first-order valence-electron chi connectivity index (χ1n) is 9.26. The minimum absolute atomic E-state index is 0.00652. The maximum absolute atomic E-state index is 13.0. The van der Waals surface area contributed by atoms with Crippen molar-refractivity contribution in [2.45, 2.75) is 39.8 Å². The van der Waals surface area contributed by atoms with E-state index in [1.165, 1.54) is 4.90 Å². The first kappa shape index (κ1) is 22.0. The van der Waals surface area contributed by atoms with E-state index >= 15 is 0 Å². The number of hydrogen-bond donors (Lipinski definition) is 1. The van der Waals surface area contributed by atoms with E-state index in [-0.39, 0.29) is 23.9 Å². The van der Waals surface area contributed by atoms with E-state index < -0.39 is 0 Å². The molecule has 0 aliphatic carbocycles. The minimum atomic E-state index is -0.343. The summed E-state index contributed by atoms with van der Waals surface area (Å²) in [6.07, 6.45) is 0. The molecule has 2 rings (SSSR count). The second-order valence-electron chi connectivity index (χ2n) is 7.53. The molecule has 0 saturated carbocycles. The summed E-state index contributed by atoms with van der Waals surface area (Å²) < 4.78 is 6.88. The zero-order chi connectivity index (χ0) is 20.7. The quantitative estimate of drug-likeness (QED) is 0.685. The normalized spacial score (nSPS) is 11.0. The van der Waals surface area contributed by atoms with Crippen LogP contribution in [0.15, 0.2) is 53.0 Å². The third kappa shape index (κ3) is 6.68. The Morgan fingerprint density at radius 3 is 2.46 bits per heavy atom. The van der Waals surface area contributed by atoms with E-state index in [0.717, 1.165) is 10.0 Å². The summed E-state index contributed by atoms with van der Waals surface area (Å²) in [5.41, 5.74) is 1.10. The summed E-state index contributed by atoms with van der Waals surface area (Å²) >= 11 is 3.44. The number of amides is 2. The first-order valence-corrected chi connectivity index (χ1v) is 10.1. The first-order chi connectivity index (χ1) is 13.2. The standard InChI is InChI=1S/C22H27BrN2O3/c1-5-25(14-20(26)24-22(2,3)4)21(27)18-11-6-7-12-19(18)28-15-16-9-8-10-17(23)13-16/h6-13H,5,14-15H2,1-4H3,(H,24,26). The lowest BCUT2D eigenvalue weighted by Gasteiger charge is -2.25. The molecule has 0 fully saturated rings. The molecule has 2 amide bonds. The molecule has 0 aromatic heterocycles. The maximum Gasteiger partial charge on any atom is 0.258 e. The van der Waals surface area contributed by atoms with Crippen molar-refractivity contribution >= 4 is 27.7 Å². The lowest BCUT2D eigenvalue weighted by molar-refractivity contribution is -0.123. The molecule has 0 aliphatic rings. The van der Waals surface area contributed by atoms with Crippen LogP contribution in [0.2, 0.25) is 0 Å². The van der Waals surface area contributed by atoms with Crippen LogP contribution in [0.5, 0.6) is 5.75 Å². The largest absolute Gasteiger partial charge is 0.488 e. The van der Waals surface area contributed by atoms with E-state index in [4.69, 9.17) is 4.74 Å². The highest BCUT2D eigenvalue weighted by molar-refractivity contribution is 9.10. The van der Waals surface area contributed by atoms with Gasteiger partial charge in [-0.05, 0) is 57.5 Å². The lowest BCUT2D eigenvalue weighted by atomic mass is 10.1. The number of benzene rings is 2. The predicted octanol–water partition coefficient (Wildman–Crippen LogP) is 4.40. The molecule has 0 bridgehead atoms. The van der Waals surface area contributed by atoms with Gasteiger partial charge < -0.3 is 15.0 Å². The highest BCUT2D eigenvalue weighted by atomic mass is 79.9. The van der Waals surface area contributed by atoms with Crippen LogP contribution in [0.4, 0.5) is 0 Å². The van der Waals surface area contributed by atoms with E-state index in [2.05, 4.69) is 21.2 Å². The number of para-hydroxylation sites is 1. The smallest absolute Gasteiger partial charge is 0.258 e. The summed E-state index contributed by atoms with van der Waals surface area (Å²) in [7, 11) is 0. The summed E-state index contributed by atoms with van der Waals surface area (Å²) in [6, 6.07) is 14.9. The van der Waals surface area contributed by atoms with Gasteiger partial charge in [-0.2, -0.15) is 0 Å². The zero-order valence-corrected chi connectivity index (χ0v) is 18.4. The number of nitrogens with one attached hydrogen (secondary N) is 1.